The van der Waals surface area contributed by atoms with Crippen LogP contribution < -0.4 is 99.4 Å². The number of oxazole rings is 1. The summed E-state index contributed by atoms with van der Waals surface area (Å²) < 4.78 is 103. The van der Waals surface area contributed by atoms with E-state index < -0.39 is 79.3 Å². The molecule has 37 N–H and O–H groups in total. The largest absolute Gasteiger partial charge is 0.433 e. The van der Waals surface area contributed by atoms with Gasteiger partial charge >= 0.3 is 68.4 Å². The first-order valence-corrected chi connectivity index (χ1v) is 49.8. The number of hydrogen-bond acceptors (Lipinski definition) is 34. The van der Waals surface area contributed by atoms with E-state index in [9.17, 15) is 41.1 Å². The van der Waals surface area contributed by atoms with Crippen LogP contribution in [0.2, 0.25) is 0 Å². The smallest absolute Gasteiger partial charge is 0.392 e. The SMILES string of the molecule is C[C@@H](N)Cc1ccc(P(=O)(O)O)cn1.C[C@@H](N)Cc1cnc(P(=O)(O)O)cn1.C[C@@H](N)Cc1ncc(P(=O)(O)O)[nH]1.C[C@@H](N)Cc1ncc(P(=O)(O)O)cn1.C[C@@H](N)Cc1ncc(P(=O)(O)O)nn1.C[C@@H](N)Cc1ncc(P(=O)(O)O)o1.C[C@@H](N)Cc1ncc(P(=O)(O)O)s1.C[C@@H](N)Cn1cc(P(=O)(O)O)cn1.C[C@@H](N)Cn1ncc(P(=O)(O)O)n1. The Morgan fingerprint density at radius 3 is 1.21 bits per heavy atom. The number of aromatic nitrogens is 17. The quantitative estimate of drug-likeness (QED) is 0.0213. The van der Waals surface area contributed by atoms with Crippen molar-refractivity contribution >= 4 is 127 Å². The van der Waals surface area contributed by atoms with Gasteiger partial charge < -0.3 is 149 Å². The third kappa shape index (κ3) is 49.9. The third-order valence-corrected chi connectivity index (χ3v) is 22.2. The summed E-state index contributed by atoms with van der Waals surface area (Å²) >= 11 is 1.01. The predicted molar refractivity (Wildman–Crippen MR) is 441 cm³/mol. The van der Waals surface area contributed by atoms with Gasteiger partial charge in [-0.15, -0.1) is 26.6 Å². The molecule has 0 saturated heterocycles. The van der Waals surface area contributed by atoms with E-state index >= 15 is 0 Å². The molecule has 64 heteroatoms. The first-order chi connectivity index (χ1) is 55.0. The van der Waals surface area contributed by atoms with Crippen molar-refractivity contribution in [2.24, 2.45) is 51.6 Å². The summed E-state index contributed by atoms with van der Waals surface area (Å²) in [6.07, 6.45) is 17.2. The van der Waals surface area contributed by atoms with E-state index in [0.717, 1.165) is 66.6 Å². The van der Waals surface area contributed by atoms with Crippen molar-refractivity contribution in [2.75, 3.05) is 0 Å². The number of nitrogens with zero attached hydrogens (tertiary/aromatic N) is 16. The zero-order chi connectivity index (χ0) is 93.4. The first kappa shape index (κ1) is 113. The average Bonchev–Trinajstić information content (AvgIpc) is 1.67. The minimum Gasteiger partial charge on any atom is -0.433 e. The van der Waals surface area contributed by atoms with Crippen molar-refractivity contribution in [1.29, 1.82) is 0 Å². The lowest BCUT2D eigenvalue weighted by molar-refractivity contribution is 0.372. The number of H-pyrrole nitrogens is 1. The summed E-state index contributed by atoms with van der Waals surface area (Å²) in [4.78, 5) is 195. The van der Waals surface area contributed by atoms with E-state index in [4.69, 9.17) is 144 Å². The van der Waals surface area contributed by atoms with Crippen LogP contribution in [0.15, 0.2) is 90.9 Å². The van der Waals surface area contributed by atoms with Gasteiger partial charge in [0.15, 0.2) is 28.0 Å². The fraction of sp³-hybridized carbons (Fsp3) is 0.474. The lowest BCUT2D eigenvalue weighted by Gasteiger charge is -2.06. The van der Waals surface area contributed by atoms with Crippen LogP contribution in [0.5, 0.6) is 0 Å². The van der Waals surface area contributed by atoms with E-state index in [1.807, 2.05) is 20.8 Å². The van der Waals surface area contributed by atoms with E-state index in [0.29, 0.717) is 86.2 Å². The fourth-order valence-electron chi connectivity index (χ4n) is 7.86. The Balaban J connectivity index is 0.000000681. The number of pyridine rings is 1. The molecule has 0 spiro atoms. The van der Waals surface area contributed by atoms with Crippen LogP contribution in [0.4, 0.5) is 0 Å². The highest BCUT2D eigenvalue weighted by Crippen LogP contribution is 2.38. The fourth-order valence-corrected chi connectivity index (χ4v) is 13.2. The molecular formula is C57H105N26O28P9S. The van der Waals surface area contributed by atoms with Gasteiger partial charge in [-0.25, -0.2) is 34.9 Å². The van der Waals surface area contributed by atoms with Crippen LogP contribution in [0.25, 0.3) is 0 Å². The molecule has 9 atom stereocenters. The highest BCUT2D eigenvalue weighted by molar-refractivity contribution is 7.67. The Morgan fingerprint density at radius 2 is 0.835 bits per heavy atom. The molecule has 0 amide bonds. The molecule has 9 aromatic heterocycles. The third-order valence-electron chi connectivity index (χ3n) is 12.9. The normalized spacial score (nSPS) is 14.2. The second kappa shape index (κ2) is 50.8. The molecule has 0 radical (unpaired) electrons. The molecule has 0 aromatic carbocycles. The Morgan fingerprint density at radius 1 is 0.364 bits per heavy atom. The van der Waals surface area contributed by atoms with Crippen molar-refractivity contribution in [3.63, 3.8) is 0 Å². The molecule has 54 nitrogen and oxygen atoms in total. The summed E-state index contributed by atoms with van der Waals surface area (Å²) in [7, 11) is -38.1. The summed E-state index contributed by atoms with van der Waals surface area (Å²) in [5.74, 6) is 1.59. The van der Waals surface area contributed by atoms with Gasteiger partial charge in [-0.2, -0.15) is 15.0 Å². The molecule has 9 heterocycles. The van der Waals surface area contributed by atoms with E-state index in [1.165, 1.54) is 40.3 Å². The maximum Gasteiger partial charge on any atom is 0.392 e. The molecule has 9 rings (SSSR count). The van der Waals surface area contributed by atoms with Gasteiger partial charge in [0.1, 0.15) is 32.3 Å². The number of hydrogen-bond donors (Lipinski definition) is 28. The van der Waals surface area contributed by atoms with Gasteiger partial charge in [0.05, 0.1) is 72.5 Å². The van der Waals surface area contributed by atoms with Crippen molar-refractivity contribution in [3.05, 3.63) is 126 Å². The van der Waals surface area contributed by atoms with E-state index in [2.05, 4.69) is 75.3 Å². The zero-order valence-corrected chi connectivity index (χ0v) is 74.9. The number of nitrogens with two attached hydrogens (primary N) is 9. The van der Waals surface area contributed by atoms with Crippen LogP contribution in [0, 0.1) is 0 Å². The van der Waals surface area contributed by atoms with Crippen molar-refractivity contribution in [2.45, 2.75) is 175 Å². The minimum absolute atomic E-state index is 0.00292. The Kier molecular flexibility index (Phi) is 47.3. The monoisotopic (exact) mass is 1910 g/mol. The summed E-state index contributed by atoms with van der Waals surface area (Å²) in [6, 6.07) is 2.18. The number of imidazole rings is 1. The van der Waals surface area contributed by atoms with Crippen molar-refractivity contribution < 1.29 is 134 Å². The topological polar surface area (TPSA) is 971 Å². The second-order valence-corrected chi connectivity index (χ2v) is 42.2. The summed E-state index contributed by atoms with van der Waals surface area (Å²) in [5, 5.41) is 18.3. The Bertz CT molecular complexity index is 4320. The second-order valence-electron chi connectivity index (χ2n) is 26.7. The van der Waals surface area contributed by atoms with Crippen molar-refractivity contribution in [1.82, 2.24) is 84.8 Å². The van der Waals surface area contributed by atoms with E-state index in [-0.39, 0.29) is 97.1 Å². The van der Waals surface area contributed by atoms with E-state index in [1.54, 1.807) is 47.6 Å². The van der Waals surface area contributed by atoms with Gasteiger partial charge in [-0.1, -0.05) is 0 Å². The molecule has 0 fully saturated rings. The number of nitrogens with one attached hydrogen (secondary N) is 1. The average molecular weight is 1910 g/mol. The molecule has 0 unspecified atom stereocenters. The number of aromatic amines is 1. The minimum atomic E-state index is -4.34. The molecule has 0 aliphatic carbocycles. The molecule has 0 aliphatic heterocycles. The standard InChI is InChI=1S/C8H13N2O3P.2C7H12N3O3P.C6H11N4O3P.2C6H12N3O3P.C6H11N2O4P.C6H11N2O3PS.C5H11N4O3P/c1-6(9)4-7-2-3-8(5-10-7)14(11,12)13;1-5(8)2-7-9-3-6(4-10-7)14(11,12)13;1-5(8)2-6-3-10-7(4-9-6)14(11,12)13;1-4(7)2-5-8-3-6(10-9-5)14(11,12)13;1-5(7)3-9-4-6(2-8-9)13(10,11)12;1-4(7)2-5-8-3-6(9-5)13(10,11)12;1-4(7)2-5-8-3-6(12-5)13(9,10)11;1-4(7)2-5-8-3-6(13-5)12(9,10)11;1-4(6)3-9-7-2-5(8-9)13(10,11)12/h2-3,5-6H,4,9H2,1H3,(H2,11,12,13);2*3-5H,2,8H2,1H3,(H2,11,12,13);3-4H,2,7H2,1H3,(H2,11,12,13);2,4-5H,3,7H2,1H3,(H2,10,11,12);3-4H,2,7H2,1H3,(H,8,9)(H2,10,11,12);2*3-4H,2,7H2,1H3,(H2,9,10,11);2,4H,3,6H2,1H3,(H2,10,11,12)/t6-;2*5-;4-;5-;4*4-/m111111111/s1. The molecule has 9 aromatic rings. The van der Waals surface area contributed by atoms with Gasteiger partial charge in [0.25, 0.3) is 0 Å². The van der Waals surface area contributed by atoms with Crippen LogP contribution in [0.3, 0.4) is 0 Å². The Labute approximate surface area is 695 Å². The summed E-state index contributed by atoms with van der Waals surface area (Å²) in [5.41, 5.74) is 49.2. The zero-order valence-electron chi connectivity index (χ0n) is 66.1. The van der Waals surface area contributed by atoms with Gasteiger partial charge in [0, 0.05) is 136 Å². The molecule has 0 bridgehead atoms. The highest BCUT2D eigenvalue weighted by atomic mass is 32.1. The molecule has 0 aliphatic rings. The number of rotatable bonds is 27. The molecule has 0 saturated carbocycles. The maximum absolute atomic E-state index is 10.8. The van der Waals surface area contributed by atoms with Gasteiger partial charge in [-0.05, 0) is 74.4 Å². The summed E-state index contributed by atoms with van der Waals surface area (Å²) in [6.45, 7) is 16.9. The molecular weight excluding hydrogens is 1810 g/mol. The lowest BCUT2D eigenvalue weighted by Crippen LogP contribution is -2.24. The molecule has 682 valence electrons. The van der Waals surface area contributed by atoms with Crippen LogP contribution in [-0.2, 0) is 99.1 Å². The Hall–Kier alpha value is -6.29. The number of thiazole rings is 1. The first-order valence-electron chi connectivity index (χ1n) is 34.5. The van der Waals surface area contributed by atoms with Crippen LogP contribution >= 0.6 is 79.7 Å². The van der Waals surface area contributed by atoms with Gasteiger partial charge in [0.2, 0.25) is 5.50 Å². The predicted octanol–water partition coefficient (Wildman–Crippen LogP) is -7.56. The van der Waals surface area contributed by atoms with Crippen LogP contribution in [-0.4, -0.2) is 227 Å². The lowest BCUT2D eigenvalue weighted by atomic mass is 10.2. The van der Waals surface area contributed by atoms with Crippen molar-refractivity contribution in [3.8, 4) is 0 Å². The van der Waals surface area contributed by atoms with Gasteiger partial charge in [-0.3, -0.25) is 55.7 Å². The maximum atomic E-state index is 10.8. The molecule has 121 heavy (non-hydrogen) atoms. The van der Waals surface area contributed by atoms with Crippen LogP contribution in [0.1, 0.15) is 102 Å². The highest BCUT2D eigenvalue weighted by Gasteiger charge is 2.27.